The highest BCUT2D eigenvalue weighted by atomic mass is 127. The topological polar surface area (TPSA) is 20.2 Å². The normalized spacial score (nSPS) is 15.9. The minimum Gasteiger partial charge on any atom is -0.376 e. The van der Waals surface area contributed by atoms with Gasteiger partial charge in [-0.2, -0.15) is 13.2 Å². The quantitative estimate of drug-likeness (QED) is 0.826. The lowest BCUT2D eigenvalue weighted by molar-refractivity contribution is -0.269. The van der Waals surface area contributed by atoms with E-state index in [1.165, 1.54) is 18.2 Å². The van der Waals surface area contributed by atoms with E-state index in [1.807, 2.05) is 22.6 Å². The zero-order chi connectivity index (χ0) is 12.4. The van der Waals surface area contributed by atoms with Gasteiger partial charge in [-0.1, -0.05) is 25.5 Å². The van der Waals surface area contributed by atoms with Gasteiger partial charge in [0.25, 0.3) is 0 Å². The van der Waals surface area contributed by atoms with E-state index < -0.39 is 11.8 Å². The van der Waals surface area contributed by atoms with E-state index in [9.17, 15) is 18.3 Å². The van der Waals surface area contributed by atoms with E-state index in [4.69, 9.17) is 0 Å². The minimum absolute atomic E-state index is 0.0891. The monoisotopic (exact) mass is 344 g/mol. The Balaban J connectivity index is 3.21. The molecule has 1 N–H and O–H groups in total. The maximum Gasteiger partial charge on any atom is 0.421 e. The predicted molar refractivity (Wildman–Crippen MR) is 64.0 cm³/mol. The van der Waals surface area contributed by atoms with Gasteiger partial charge in [0.1, 0.15) is 0 Å². The number of benzene rings is 1. The summed E-state index contributed by atoms with van der Waals surface area (Å²) in [6, 6.07) is 5.88. The van der Waals surface area contributed by atoms with E-state index >= 15 is 0 Å². The average Bonchev–Trinajstić information content (AvgIpc) is 2.16. The molecule has 0 saturated carbocycles. The Kier molecular flexibility index (Phi) is 4.23. The van der Waals surface area contributed by atoms with E-state index in [0.29, 0.717) is 3.57 Å². The molecule has 1 unspecified atom stereocenters. The number of rotatable bonds is 3. The summed E-state index contributed by atoms with van der Waals surface area (Å²) >= 11 is 1.92. The molecule has 0 aliphatic heterocycles. The third-order valence-corrected chi connectivity index (χ3v) is 3.05. The molecule has 0 aliphatic carbocycles. The molecule has 1 rings (SSSR count). The molecule has 16 heavy (non-hydrogen) atoms. The molecule has 0 aromatic heterocycles. The van der Waals surface area contributed by atoms with Gasteiger partial charge in [0.05, 0.1) is 0 Å². The van der Waals surface area contributed by atoms with Crippen molar-refractivity contribution in [2.24, 2.45) is 0 Å². The van der Waals surface area contributed by atoms with Crippen LogP contribution in [-0.2, 0) is 5.60 Å². The molecule has 0 bridgehead atoms. The van der Waals surface area contributed by atoms with Crippen molar-refractivity contribution in [1.29, 1.82) is 0 Å². The standard InChI is InChI=1S/C11H12F3IO/c1-2-6-10(16,11(12,13)14)8-4-3-5-9(15)7-8/h3-5,7,16H,2,6H2,1H3. The number of alkyl halides is 3. The highest BCUT2D eigenvalue weighted by Gasteiger charge is 2.54. The zero-order valence-corrected chi connectivity index (χ0v) is 10.8. The number of aliphatic hydroxyl groups is 1. The van der Waals surface area contributed by atoms with Gasteiger partial charge in [-0.25, -0.2) is 0 Å². The summed E-state index contributed by atoms with van der Waals surface area (Å²) in [5.74, 6) is 0. The Hall–Kier alpha value is -0.300. The van der Waals surface area contributed by atoms with E-state index in [1.54, 1.807) is 13.0 Å². The lowest BCUT2D eigenvalue weighted by Crippen LogP contribution is -2.42. The third-order valence-electron chi connectivity index (χ3n) is 2.38. The van der Waals surface area contributed by atoms with Crippen molar-refractivity contribution in [3.63, 3.8) is 0 Å². The van der Waals surface area contributed by atoms with Crippen LogP contribution in [0.2, 0.25) is 0 Å². The van der Waals surface area contributed by atoms with Crippen LogP contribution in [0.3, 0.4) is 0 Å². The molecule has 1 aromatic rings. The molecule has 0 aliphatic rings. The second-order valence-electron chi connectivity index (χ2n) is 3.62. The smallest absolute Gasteiger partial charge is 0.376 e. The molecule has 1 nitrogen and oxygen atoms in total. The molecular weight excluding hydrogens is 332 g/mol. The van der Waals surface area contributed by atoms with Gasteiger partial charge in [0, 0.05) is 3.57 Å². The van der Waals surface area contributed by atoms with Crippen LogP contribution in [0, 0.1) is 3.57 Å². The summed E-state index contributed by atoms with van der Waals surface area (Å²) in [5, 5.41) is 9.82. The predicted octanol–water partition coefficient (Wildman–Crippen LogP) is 3.84. The van der Waals surface area contributed by atoms with Crippen LogP contribution >= 0.6 is 22.6 Å². The average molecular weight is 344 g/mol. The van der Waals surface area contributed by atoms with Gasteiger partial charge in [-0.3, -0.25) is 0 Å². The van der Waals surface area contributed by atoms with Gasteiger partial charge in [0.2, 0.25) is 0 Å². The third kappa shape index (κ3) is 2.68. The van der Waals surface area contributed by atoms with Gasteiger partial charge < -0.3 is 5.11 Å². The summed E-state index contributed by atoms with van der Waals surface area (Å²) in [6.07, 6.45) is -4.70. The highest BCUT2D eigenvalue weighted by Crippen LogP contribution is 2.42. The molecule has 0 spiro atoms. The van der Waals surface area contributed by atoms with Crippen LogP contribution in [0.15, 0.2) is 24.3 Å². The molecule has 0 amide bonds. The van der Waals surface area contributed by atoms with Crippen LogP contribution < -0.4 is 0 Å². The summed E-state index contributed by atoms with van der Waals surface area (Å²) in [5.41, 5.74) is -2.82. The van der Waals surface area contributed by atoms with Crippen molar-refractivity contribution in [2.45, 2.75) is 31.5 Å². The molecule has 0 radical (unpaired) electrons. The second-order valence-corrected chi connectivity index (χ2v) is 4.86. The van der Waals surface area contributed by atoms with Crippen molar-refractivity contribution >= 4 is 22.6 Å². The Labute approximate surface area is 106 Å². The van der Waals surface area contributed by atoms with Crippen LogP contribution in [0.4, 0.5) is 13.2 Å². The van der Waals surface area contributed by atoms with Crippen LogP contribution in [0.1, 0.15) is 25.3 Å². The molecule has 0 fully saturated rings. The van der Waals surface area contributed by atoms with E-state index in [0.717, 1.165) is 0 Å². The summed E-state index contributed by atoms with van der Waals surface area (Å²) in [7, 11) is 0. The first-order valence-electron chi connectivity index (χ1n) is 4.86. The molecule has 1 aromatic carbocycles. The first kappa shape index (κ1) is 13.8. The fraction of sp³-hybridized carbons (Fsp3) is 0.455. The Morgan fingerprint density at radius 3 is 2.38 bits per heavy atom. The van der Waals surface area contributed by atoms with Crippen LogP contribution in [-0.4, -0.2) is 11.3 Å². The number of hydrogen-bond acceptors (Lipinski definition) is 1. The number of halogens is 4. The Bertz CT molecular complexity index is 364. The van der Waals surface area contributed by atoms with Gasteiger partial charge >= 0.3 is 6.18 Å². The summed E-state index contributed by atoms with van der Waals surface area (Å²) in [4.78, 5) is 0. The number of hydrogen-bond donors (Lipinski definition) is 1. The van der Waals surface area contributed by atoms with Gasteiger partial charge in [-0.05, 0) is 46.7 Å². The van der Waals surface area contributed by atoms with E-state index in [-0.39, 0.29) is 18.4 Å². The van der Waals surface area contributed by atoms with Crippen molar-refractivity contribution < 1.29 is 18.3 Å². The van der Waals surface area contributed by atoms with Crippen LogP contribution in [0.5, 0.6) is 0 Å². The Morgan fingerprint density at radius 1 is 1.31 bits per heavy atom. The van der Waals surface area contributed by atoms with Gasteiger partial charge in [0.15, 0.2) is 5.60 Å². The first-order valence-corrected chi connectivity index (χ1v) is 5.94. The fourth-order valence-corrected chi connectivity index (χ4v) is 2.10. The molecule has 5 heteroatoms. The Morgan fingerprint density at radius 2 is 1.94 bits per heavy atom. The molecular formula is C11H12F3IO. The van der Waals surface area contributed by atoms with Crippen molar-refractivity contribution in [3.05, 3.63) is 33.4 Å². The molecule has 0 saturated heterocycles. The summed E-state index contributed by atoms with van der Waals surface area (Å²) < 4.78 is 39.2. The first-order chi connectivity index (χ1) is 7.31. The zero-order valence-electron chi connectivity index (χ0n) is 8.68. The maximum absolute atomic E-state index is 12.9. The van der Waals surface area contributed by atoms with E-state index in [2.05, 4.69) is 0 Å². The molecule has 0 heterocycles. The van der Waals surface area contributed by atoms with Crippen molar-refractivity contribution in [3.8, 4) is 0 Å². The highest BCUT2D eigenvalue weighted by molar-refractivity contribution is 14.1. The lowest BCUT2D eigenvalue weighted by atomic mass is 9.89. The molecule has 90 valence electrons. The second kappa shape index (κ2) is 4.91. The largest absolute Gasteiger partial charge is 0.421 e. The minimum atomic E-state index is -4.65. The van der Waals surface area contributed by atoms with Crippen LogP contribution in [0.25, 0.3) is 0 Å². The maximum atomic E-state index is 12.9. The fourth-order valence-electron chi connectivity index (χ4n) is 1.56. The lowest BCUT2D eigenvalue weighted by Gasteiger charge is -2.30. The van der Waals surface area contributed by atoms with Crippen molar-refractivity contribution in [1.82, 2.24) is 0 Å². The molecule has 1 atom stereocenters. The van der Waals surface area contributed by atoms with Gasteiger partial charge in [-0.15, -0.1) is 0 Å². The SMILES string of the molecule is CCCC(O)(c1cccc(I)c1)C(F)(F)F. The van der Waals surface area contributed by atoms with Crippen molar-refractivity contribution in [2.75, 3.05) is 0 Å². The summed E-state index contributed by atoms with van der Waals surface area (Å²) in [6.45, 7) is 1.62.